The Labute approximate surface area is 146 Å². The molecular weight excluding hydrogens is 373 g/mol. The number of hydrogen-bond acceptors (Lipinski definition) is 6. The number of anilines is 1. The molecule has 1 amide bonds. The third kappa shape index (κ3) is 3.56. The van der Waals surface area contributed by atoms with Crippen LogP contribution in [0.4, 0.5) is 18.9 Å². The van der Waals surface area contributed by atoms with E-state index in [1.165, 1.54) is 12.3 Å². The lowest BCUT2D eigenvalue weighted by atomic mass is 10.1. The van der Waals surface area contributed by atoms with Crippen LogP contribution in [0.15, 0.2) is 34.0 Å². The molecule has 13 heteroatoms. The summed E-state index contributed by atoms with van der Waals surface area (Å²) in [4.78, 5) is 38.3. The molecule has 3 aromatic rings. The molecule has 3 rings (SSSR count). The van der Waals surface area contributed by atoms with Crippen molar-refractivity contribution in [2.24, 2.45) is 0 Å². The summed E-state index contributed by atoms with van der Waals surface area (Å²) in [7, 11) is 0. The van der Waals surface area contributed by atoms with Crippen molar-refractivity contribution in [1.29, 1.82) is 0 Å². The number of hydrogen-bond donors (Lipinski definition) is 5. The molecule has 0 aliphatic rings. The predicted octanol–water partition coefficient (Wildman–Crippen LogP) is 0.825. The van der Waals surface area contributed by atoms with E-state index in [0.717, 1.165) is 12.1 Å². The number of H-pyrrole nitrogens is 3. The standard InChI is InChI=1S/C14H9F3N6O4/c15-14(16,17)6-3-5(8-4-18-23-22-8)1-2-7(6)19-10(24)9-11(25)20-13(27)21-12(9)26/h1-4H,(H,19,24)(H,18,22,23)(H3,20,21,25,26,27). The molecule has 0 aliphatic carbocycles. The average Bonchev–Trinajstić information content (AvgIpc) is 3.07. The lowest BCUT2D eigenvalue weighted by Crippen LogP contribution is -2.30. The highest BCUT2D eigenvalue weighted by atomic mass is 19.4. The van der Waals surface area contributed by atoms with E-state index in [1.54, 1.807) is 9.97 Å². The van der Waals surface area contributed by atoms with Crippen molar-refractivity contribution in [3.63, 3.8) is 0 Å². The van der Waals surface area contributed by atoms with E-state index >= 15 is 0 Å². The summed E-state index contributed by atoms with van der Waals surface area (Å²) in [5, 5.41) is 20.8. The van der Waals surface area contributed by atoms with Gasteiger partial charge in [0.05, 0.1) is 11.3 Å². The first kappa shape index (κ1) is 17.9. The van der Waals surface area contributed by atoms with Gasteiger partial charge in [-0.2, -0.15) is 13.2 Å². The van der Waals surface area contributed by atoms with Gasteiger partial charge in [-0.15, -0.1) is 5.10 Å². The van der Waals surface area contributed by atoms with Crippen molar-refractivity contribution >= 4 is 11.6 Å². The van der Waals surface area contributed by atoms with Crippen LogP contribution in [0, 0.1) is 0 Å². The van der Waals surface area contributed by atoms with Gasteiger partial charge in [-0.25, -0.2) is 4.79 Å². The first-order valence-corrected chi connectivity index (χ1v) is 7.12. The van der Waals surface area contributed by atoms with Crippen molar-refractivity contribution in [3.8, 4) is 17.1 Å². The first-order chi connectivity index (χ1) is 12.7. The summed E-state index contributed by atoms with van der Waals surface area (Å²) in [6.45, 7) is 0. The maximum Gasteiger partial charge on any atom is 0.418 e. The predicted molar refractivity (Wildman–Crippen MR) is 84.1 cm³/mol. The van der Waals surface area contributed by atoms with E-state index in [9.17, 15) is 32.7 Å². The number of alkyl halides is 3. The van der Waals surface area contributed by atoms with Crippen molar-refractivity contribution in [2.75, 3.05) is 5.32 Å². The van der Waals surface area contributed by atoms with Crippen LogP contribution in [0.25, 0.3) is 11.3 Å². The Hall–Kier alpha value is -3.90. The second kappa shape index (κ2) is 6.44. The fourth-order valence-electron chi connectivity index (χ4n) is 2.26. The van der Waals surface area contributed by atoms with Crippen molar-refractivity contribution in [1.82, 2.24) is 25.4 Å². The summed E-state index contributed by atoms with van der Waals surface area (Å²) in [5.41, 5.74) is -4.93. The van der Waals surface area contributed by atoms with Gasteiger partial charge in [0.1, 0.15) is 5.69 Å². The highest BCUT2D eigenvalue weighted by molar-refractivity contribution is 6.06. The van der Waals surface area contributed by atoms with Crippen LogP contribution in [0.1, 0.15) is 15.9 Å². The molecular formula is C14H9F3N6O4. The fraction of sp³-hybridized carbons (Fsp3) is 0.0714. The lowest BCUT2D eigenvalue weighted by molar-refractivity contribution is -0.136. The zero-order valence-corrected chi connectivity index (χ0v) is 13.0. The molecule has 0 atom stereocenters. The number of carbonyl (C=O) groups excluding carboxylic acids is 1. The third-order valence-corrected chi connectivity index (χ3v) is 3.44. The van der Waals surface area contributed by atoms with E-state index in [1.807, 2.05) is 5.32 Å². The maximum absolute atomic E-state index is 13.4. The Balaban J connectivity index is 2.03. The molecule has 0 radical (unpaired) electrons. The molecule has 0 spiro atoms. The van der Waals surface area contributed by atoms with Gasteiger partial charge in [-0.1, -0.05) is 11.3 Å². The van der Waals surface area contributed by atoms with Crippen LogP contribution in [-0.4, -0.2) is 36.4 Å². The second-order valence-corrected chi connectivity index (χ2v) is 5.20. The first-order valence-electron chi connectivity index (χ1n) is 7.12. The fourth-order valence-corrected chi connectivity index (χ4v) is 2.26. The van der Waals surface area contributed by atoms with Gasteiger partial charge in [0.25, 0.3) is 11.5 Å². The molecule has 0 aliphatic heterocycles. The monoisotopic (exact) mass is 382 g/mol. The van der Waals surface area contributed by atoms with Gasteiger partial charge in [-0.05, 0) is 12.1 Å². The Morgan fingerprint density at radius 3 is 2.52 bits per heavy atom. The normalized spacial score (nSPS) is 11.4. The van der Waals surface area contributed by atoms with E-state index in [2.05, 4.69) is 15.4 Å². The molecule has 0 fully saturated rings. The molecule has 0 saturated heterocycles. The maximum atomic E-state index is 13.4. The number of aromatic amines is 3. The Bertz CT molecular complexity index is 1120. The zero-order valence-electron chi connectivity index (χ0n) is 13.0. The third-order valence-electron chi connectivity index (χ3n) is 3.44. The van der Waals surface area contributed by atoms with Gasteiger partial charge in [0.15, 0.2) is 5.56 Å². The van der Waals surface area contributed by atoms with Crippen LogP contribution < -0.4 is 16.6 Å². The molecule has 2 aromatic heterocycles. The van der Waals surface area contributed by atoms with Crippen LogP contribution in [0.3, 0.4) is 0 Å². The van der Waals surface area contributed by atoms with Crippen LogP contribution >= 0.6 is 0 Å². The molecule has 0 saturated carbocycles. The van der Waals surface area contributed by atoms with E-state index in [4.69, 9.17) is 0 Å². The Morgan fingerprint density at radius 2 is 1.93 bits per heavy atom. The number of amides is 1. The number of nitrogens with one attached hydrogen (secondary N) is 4. The van der Waals surface area contributed by atoms with Gasteiger partial charge < -0.3 is 10.4 Å². The molecule has 5 N–H and O–H groups in total. The molecule has 27 heavy (non-hydrogen) atoms. The summed E-state index contributed by atoms with van der Waals surface area (Å²) in [6.07, 6.45) is -3.56. The molecule has 0 unspecified atom stereocenters. The molecule has 0 bridgehead atoms. The SMILES string of the molecule is O=C(Nc1ccc(-c2c[nH]nn2)cc1C(F)(F)F)c1c(O)[nH]c(=O)[nH]c1=O. The summed E-state index contributed by atoms with van der Waals surface area (Å²) in [5.74, 6) is -2.42. The van der Waals surface area contributed by atoms with Gasteiger partial charge in [0, 0.05) is 11.8 Å². The van der Waals surface area contributed by atoms with Crippen LogP contribution in [0.5, 0.6) is 5.88 Å². The summed E-state index contributed by atoms with van der Waals surface area (Å²) in [6, 6.07) is 2.95. The van der Waals surface area contributed by atoms with Crippen LogP contribution in [-0.2, 0) is 6.18 Å². The number of aromatic hydroxyl groups is 1. The Kier molecular flexibility index (Phi) is 4.27. The van der Waals surface area contributed by atoms with Crippen molar-refractivity contribution < 1.29 is 23.1 Å². The minimum Gasteiger partial charge on any atom is -0.494 e. The van der Waals surface area contributed by atoms with E-state index < -0.39 is 46.0 Å². The Morgan fingerprint density at radius 1 is 1.19 bits per heavy atom. The van der Waals surface area contributed by atoms with Gasteiger partial charge >= 0.3 is 11.9 Å². The molecule has 2 heterocycles. The number of rotatable bonds is 3. The van der Waals surface area contributed by atoms with Crippen molar-refractivity contribution in [2.45, 2.75) is 6.18 Å². The minimum absolute atomic E-state index is 0.0822. The topological polar surface area (TPSA) is 157 Å². The summed E-state index contributed by atoms with van der Waals surface area (Å²) >= 11 is 0. The number of carbonyl (C=O) groups is 1. The van der Waals surface area contributed by atoms with Gasteiger partial charge in [0.2, 0.25) is 5.88 Å². The largest absolute Gasteiger partial charge is 0.494 e. The molecule has 1 aromatic carbocycles. The zero-order chi connectivity index (χ0) is 19.8. The lowest BCUT2D eigenvalue weighted by Gasteiger charge is -2.15. The number of aromatic nitrogens is 5. The van der Waals surface area contributed by atoms with Crippen molar-refractivity contribution in [3.05, 3.63) is 56.4 Å². The van der Waals surface area contributed by atoms with Crippen LogP contribution in [0.2, 0.25) is 0 Å². The summed E-state index contributed by atoms with van der Waals surface area (Å²) < 4.78 is 40.1. The van der Waals surface area contributed by atoms with Gasteiger partial charge in [-0.3, -0.25) is 24.7 Å². The second-order valence-electron chi connectivity index (χ2n) is 5.20. The molecule has 140 valence electrons. The highest BCUT2D eigenvalue weighted by Gasteiger charge is 2.35. The molecule has 10 nitrogen and oxygen atoms in total. The van der Waals surface area contributed by atoms with E-state index in [0.29, 0.717) is 0 Å². The minimum atomic E-state index is -4.85. The highest BCUT2D eigenvalue weighted by Crippen LogP contribution is 2.37. The number of nitrogens with zero attached hydrogens (tertiary/aromatic N) is 2. The smallest absolute Gasteiger partial charge is 0.418 e. The quantitative estimate of drug-likeness (QED) is 0.451. The number of benzene rings is 1. The number of halogens is 3. The average molecular weight is 382 g/mol. The van der Waals surface area contributed by atoms with E-state index in [-0.39, 0.29) is 11.3 Å².